The lowest BCUT2D eigenvalue weighted by Gasteiger charge is -2.09. The fraction of sp³-hybridized carbons (Fsp3) is 0.182. The van der Waals surface area contributed by atoms with Crippen molar-refractivity contribution in [1.82, 2.24) is 4.98 Å². The van der Waals surface area contributed by atoms with E-state index in [0.29, 0.717) is 12.1 Å². The van der Waals surface area contributed by atoms with Gasteiger partial charge in [-0.2, -0.15) is 0 Å². The molecule has 0 spiro atoms. The van der Waals surface area contributed by atoms with Crippen molar-refractivity contribution in [1.29, 1.82) is 0 Å². The van der Waals surface area contributed by atoms with Crippen LogP contribution in [0, 0.1) is 0 Å². The van der Waals surface area contributed by atoms with Crippen molar-refractivity contribution >= 4 is 5.69 Å². The lowest BCUT2D eigenvalue weighted by Crippen LogP contribution is -2.03. The number of nitrogen functional groups attached to an aromatic ring is 1. The highest BCUT2D eigenvalue weighted by molar-refractivity contribution is 5.44. The quantitative estimate of drug-likeness (QED) is 0.795. The van der Waals surface area contributed by atoms with E-state index in [1.807, 2.05) is 0 Å². The number of aliphatic hydroxyl groups excluding tert-OH is 1. The van der Waals surface area contributed by atoms with Crippen LogP contribution < -0.4 is 5.73 Å². The largest absolute Gasteiger partial charge is 0.472 e. The molecule has 2 heterocycles. The zero-order valence-electron chi connectivity index (χ0n) is 8.13. The van der Waals surface area contributed by atoms with Crippen LogP contribution in [0.2, 0.25) is 0 Å². The van der Waals surface area contributed by atoms with E-state index in [1.54, 1.807) is 24.5 Å². The van der Waals surface area contributed by atoms with Gasteiger partial charge >= 0.3 is 0 Å². The topological polar surface area (TPSA) is 72.3 Å². The molecule has 3 N–H and O–H groups in total. The maximum atomic E-state index is 9.84. The van der Waals surface area contributed by atoms with Gasteiger partial charge in [0.05, 0.1) is 18.6 Å². The Kier molecular flexibility index (Phi) is 2.69. The van der Waals surface area contributed by atoms with E-state index in [1.165, 1.54) is 12.5 Å². The summed E-state index contributed by atoms with van der Waals surface area (Å²) in [5.41, 5.74) is 7.98. The van der Waals surface area contributed by atoms with Gasteiger partial charge in [-0.05, 0) is 17.7 Å². The zero-order chi connectivity index (χ0) is 10.7. The van der Waals surface area contributed by atoms with Crippen LogP contribution in [0.25, 0.3) is 0 Å². The van der Waals surface area contributed by atoms with Gasteiger partial charge in [0.2, 0.25) is 0 Å². The van der Waals surface area contributed by atoms with Crippen molar-refractivity contribution in [3.8, 4) is 0 Å². The zero-order valence-corrected chi connectivity index (χ0v) is 8.13. The molecule has 2 aromatic rings. The third-order valence-corrected chi connectivity index (χ3v) is 2.28. The molecule has 0 amide bonds. The molecule has 0 saturated carbocycles. The van der Waals surface area contributed by atoms with Gasteiger partial charge in [-0.1, -0.05) is 0 Å². The summed E-state index contributed by atoms with van der Waals surface area (Å²) in [6.45, 7) is 0. The number of nitrogens with zero attached hydrogens (tertiary/aromatic N) is 1. The third-order valence-electron chi connectivity index (χ3n) is 2.28. The van der Waals surface area contributed by atoms with Gasteiger partial charge in [-0.25, -0.2) is 0 Å². The standard InChI is InChI=1S/C11H12N2O2/c12-10-1-3-13-6-9(10)5-11(14)8-2-4-15-7-8/h1-4,6-7,11,14H,5H2,(H2,12,13). The van der Waals surface area contributed by atoms with E-state index >= 15 is 0 Å². The number of furan rings is 1. The molecule has 1 atom stereocenters. The molecular weight excluding hydrogens is 192 g/mol. The lowest BCUT2D eigenvalue weighted by molar-refractivity contribution is 0.177. The van der Waals surface area contributed by atoms with Gasteiger partial charge in [0.15, 0.2) is 0 Å². The van der Waals surface area contributed by atoms with Crippen molar-refractivity contribution in [3.05, 3.63) is 48.2 Å². The summed E-state index contributed by atoms with van der Waals surface area (Å²) in [5, 5.41) is 9.84. The summed E-state index contributed by atoms with van der Waals surface area (Å²) in [6, 6.07) is 3.45. The Hall–Kier alpha value is -1.81. The van der Waals surface area contributed by atoms with Crippen LogP contribution in [0.15, 0.2) is 41.5 Å². The Morgan fingerprint density at radius 2 is 2.33 bits per heavy atom. The molecule has 15 heavy (non-hydrogen) atoms. The van der Waals surface area contributed by atoms with Gasteiger partial charge in [0.1, 0.15) is 0 Å². The number of aliphatic hydroxyl groups is 1. The molecule has 2 rings (SSSR count). The molecule has 0 fully saturated rings. The predicted molar refractivity (Wildman–Crippen MR) is 56.0 cm³/mol. The molecule has 0 aliphatic carbocycles. The second kappa shape index (κ2) is 4.14. The molecule has 0 aliphatic rings. The molecule has 0 radical (unpaired) electrons. The second-order valence-corrected chi connectivity index (χ2v) is 3.35. The van der Waals surface area contributed by atoms with Crippen molar-refractivity contribution < 1.29 is 9.52 Å². The molecule has 0 aliphatic heterocycles. The van der Waals surface area contributed by atoms with Crippen molar-refractivity contribution in [2.45, 2.75) is 12.5 Å². The fourth-order valence-corrected chi connectivity index (χ4v) is 1.40. The summed E-state index contributed by atoms with van der Waals surface area (Å²) in [4.78, 5) is 3.97. The highest BCUT2D eigenvalue weighted by atomic mass is 16.3. The van der Waals surface area contributed by atoms with Gasteiger partial charge in [0, 0.05) is 30.1 Å². The lowest BCUT2D eigenvalue weighted by atomic mass is 10.0. The van der Waals surface area contributed by atoms with Crippen LogP contribution in [0.4, 0.5) is 5.69 Å². The summed E-state index contributed by atoms with van der Waals surface area (Å²) in [6.07, 6.45) is 6.19. The first-order valence-corrected chi connectivity index (χ1v) is 4.66. The van der Waals surface area contributed by atoms with Gasteiger partial charge in [0.25, 0.3) is 0 Å². The van der Waals surface area contributed by atoms with E-state index in [-0.39, 0.29) is 0 Å². The Morgan fingerprint density at radius 3 is 3.00 bits per heavy atom. The summed E-state index contributed by atoms with van der Waals surface area (Å²) in [7, 11) is 0. The normalized spacial score (nSPS) is 12.6. The Labute approximate surface area is 87.4 Å². The highest BCUT2D eigenvalue weighted by Gasteiger charge is 2.11. The minimum absolute atomic E-state index is 0.444. The summed E-state index contributed by atoms with van der Waals surface area (Å²) >= 11 is 0. The van der Waals surface area contributed by atoms with Gasteiger partial charge < -0.3 is 15.3 Å². The van der Waals surface area contributed by atoms with Crippen LogP contribution in [-0.2, 0) is 6.42 Å². The van der Waals surface area contributed by atoms with E-state index in [2.05, 4.69) is 4.98 Å². The number of aromatic nitrogens is 1. The van der Waals surface area contributed by atoms with E-state index < -0.39 is 6.10 Å². The molecule has 4 heteroatoms. The average molecular weight is 204 g/mol. The minimum atomic E-state index is -0.602. The van der Waals surface area contributed by atoms with E-state index in [0.717, 1.165) is 11.1 Å². The second-order valence-electron chi connectivity index (χ2n) is 3.35. The highest BCUT2D eigenvalue weighted by Crippen LogP contribution is 2.21. The average Bonchev–Trinajstić information content (AvgIpc) is 2.74. The van der Waals surface area contributed by atoms with Crippen molar-refractivity contribution in [2.24, 2.45) is 0 Å². The molecule has 78 valence electrons. The first-order chi connectivity index (χ1) is 7.27. The molecule has 2 aromatic heterocycles. The summed E-state index contributed by atoms with van der Waals surface area (Å²) < 4.78 is 4.90. The Morgan fingerprint density at radius 1 is 1.47 bits per heavy atom. The summed E-state index contributed by atoms with van der Waals surface area (Å²) in [5.74, 6) is 0. The van der Waals surface area contributed by atoms with Crippen LogP contribution >= 0.6 is 0 Å². The number of anilines is 1. The number of nitrogens with two attached hydrogens (primary N) is 1. The Balaban J connectivity index is 2.13. The third kappa shape index (κ3) is 2.16. The van der Waals surface area contributed by atoms with Crippen LogP contribution in [-0.4, -0.2) is 10.1 Å². The van der Waals surface area contributed by atoms with Gasteiger partial charge in [-0.15, -0.1) is 0 Å². The smallest absolute Gasteiger partial charge is 0.0960 e. The molecule has 0 bridgehead atoms. The van der Waals surface area contributed by atoms with Gasteiger partial charge in [-0.3, -0.25) is 4.98 Å². The maximum absolute atomic E-state index is 9.84. The first-order valence-electron chi connectivity index (χ1n) is 4.66. The van der Waals surface area contributed by atoms with Crippen molar-refractivity contribution in [2.75, 3.05) is 5.73 Å². The fourth-order valence-electron chi connectivity index (χ4n) is 1.40. The number of rotatable bonds is 3. The van der Waals surface area contributed by atoms with E-state index in [9.17, 15) is 5.11 Å². The molecular formula is C11H12N2O2. The first kappa shape index (κ1) is 9.73. The van der Waals surface area contributed by atoms with E-state index in [4.69, 9.17) is 10.2 Å². The van der Waals surface area contributed by atoms with Crippen LogP contribution in [0.1, 0.15) is 17.2 Å². The maximum Gasteiger partial charge on any atom is 0.0960 e. The van der Waals surface area contributed by atoms with Crippen LogP contribution in [0.3, 0.4) is 0 Å². The molecule has 4 nitrogen and oxygen atoms in total. The Bertz CT molecular complexity index is 426. The SMILES string of the molecule is Nc1ccncc1CC(O)c1ccoc1. The monoisotopic (exact) mass is 204 g/mol. The molecule has 0 saturated heterocycles. The molecule has 1 unspecified atom stereocenters. The number of hydrogen-bond acceptors (Lipinski definition) is 4. The van der Waals surface area contributed by atoms with Crippen molar-refractivity contribution in [3.63, 3.8) is 0 Å². The van der Waals surface area contributed by atoms with Crippen LogP contribution in [0.5, 0.6) is 0 Å². The minimum Gasteiger partial charge on any atom is -0.472 e. The number of hydrogen-bond donors (Lipinski definition) is 2. The molecule has 0 aromatic carbocycles. The predicted octanol–water partition coefficient (Wildman–Crippen LogP) is 1.53. The number of pyridine rings is 1.